The Bertz CT molecular complexity index is 740. The second-order valence-corrected chi connectivity index (χ2v) is 6.08. The fraction of sp³-hybridized carbons (Fsp3) is 0.333. The number of nitrogens with zero attached hydrogens (tertiary/aromatic N) is 2. The number of hydrogen-bond acceptors (Lipinski definition) is 3. The molecule has 0 aliphatic carbocycles. The van der Waals surface area contributed by atoms with Crippen molar-refractivity contribution >= 4 is 41.5 Å². The summed E-state index contributed by atoms with van der Waals surface area (Å²) in [5.74, 6) is 0.613. The van der Waals surface area contributed by atoms with Crippen molar-refractivity contribution in [2.75, 3.05) is 13.7 Å². The Hall–Kier alpha value is -1.59. The number of alkyl halides is 3. The topological polar surface area (TPSA) is 58.5 Å². The highest BCUT2D eigenvalue weighted by atomic mass is 127. The van der Waals surface area contributed by atoms with Gasteiger partial charge in [0.25, 0.3) is 0 Å². The first-order valence-electron chi connectivity index (χ1n) is 8.13. The number of nitrogens with one attached hydrogen (secondary N) is 2. The highest BCUT2D eigenvalue weighted by molar-refractivity contribution is 14.0. The molecule has 0 bridgehead atoms. The van der Waals surface area contributed by atoms with E-state index in [0.717, 1.165) is 11.1 Å². The molecule has 1 heterocycles. The highest BCUT2D eigenvalue weighted by Gasteiger charge is 2.27. The van der Waals surface area contributed by atoms with Crippen molar-refractivity contribution in [1.82, 2.24) is 15.6 Å². The van der Waals surface area contributed by atoms with Crippen molar-refractivity contribution < 1.29 is 17.9 Å². The van der Waals surface area contributed by atoms with Crippen molar-refractivity contribution in [3.63, 3.8) is 0 Å². The summed E-state index contributed by atoms with van der Waals surface area (Å²) < 4.78 is 40.8. The monoisotopic (exact) mass is 528 g/mol. The molecule has 0 fully saturated rings. The summed E-state index contributed by atoms with van der Waals surface area (Å²) in [6.45, 7) is -0.269. The molecule has 0 saturated carbocycles. The summed E-state index contributed by atoms with van der Waals surface area (Å²) in [6.07, 6.45) is -2.63. The molecule has 0 atom stereocenters. The van der Waals surface area contributed by atoms with Crippen LogP contribution in [-0.2, 0) is 24.4 Å². The lowest BCUT2D eigenvalue weighted by Crippen LogP contribution is -2.36. The molecular formula is C18H21ClF3IN4O. The SMILES string of the molecule is CN=C(NCc1ccc(COCC(F)(F)F)cc1)NCc1ccc(Cl)nc1.I. The second kappa shape index (κ2) is 12.1. The molecule has 2 aromatic rings. The van der Waals surface area contributed by atoms with Gasteiger partial charge in [-0.05, 0) is 22.8 Å². The molecule has 28 heavy (non-hydrogen) atoms. The van der Waals surface area contributed by atoms with Crippen LogP contribution in [0.1, 0.15) is 16.7 Å². The third-order valence-corrected chi connectivity index (χ3v) is 3.71. The molecule has 0 spiro atoms. The van der Waals surface area contributed by atoms with E-state index in [-0.39, 0.29) is 30.6 Å². The van der Waals surface area contributed by atoms with Gasteiger partial charge >= 0.3 is 6.18 Å². The van der Waals surface area contributed by atoms with E-state index in [9.17, 15) is 13.2 Å². The summed E-state index contributed by atoms with van der Waals surface area (Å²) >= 11 is 5.75. The standard InChI is InChI=1S/C18H20ClF3N4O.HI/c1-23-17(26-10-15-6-7-16(19)24-9-15)25-8-13-2-4-14(5-3-13)11-27-12-18(20,21)22;/h2-7,9H,8,10-12H2,1H3,(H2,23,25,26);1H. The van der Waals surface area contributed by atoms with Gasteiger partial charge in [0.15, 0.2) is 5.96 Å². The number of hydrogen-bond donors (Lipinski definition) is 2. The van der Waals surface area contributed by atoms with Crippen LogP contribution in [0.2, 0.25) is 5.15 Å². The van der Waals surface area contributed by atoms with Crippen LogP contribution in [0.25, 0.3) is 0 Å². The Morgan fingerprint density at radius 2 is 1.61 bits per heavy atom. The summed E-state index contributed by atoms with van der Waals surface area (Å²) in [4.78, 5) is 8.15. The fourth-order valence-corrected chi connectivity index (χ4v) is 2.25. The van der Waals surface area contributed by atoms with E-state index >= 15 is 0 Å². The van der Waals surface area contributed by atoms with Crippen LogP contribution < -0.4 is 10.6 Å². The molecule has 10 heteroatoms. The average Bonchev–Trinajstić information content (AvgIpc) is 2.63. The molecule has 2 rings (SSSR count). The van der Waals surface area contributed by atoms with E-state index in [1.807, 2.05) is 18.2 Å². The Kier molecular flexibility index (Phi) is 10.5. The van der Waals surface area contributed by atoms with Gasteiger partial charge in [0, 0.05) is 26.3 Å². The number of aliphatic imine (C=N–C) groups is 1. The smallest absolute Gasteiger partial charge is 0.367 e. The van der Waals surface area contributed by atoms with E-state index in [1.165, 1.54) is 0 Å². The van der Waals surface area contributed by atoms with Gasteiger partial charge in [0.2, 0.25) is 0 Å². The molecule has 0 unspecified atom stereocenters. The molecule has 1 aromatic heterocycles. The van der Waals surface area contributed by atoms with E-state index < -0.39 is 12.8 Å². The van der Waals surface area contributed by atoms with Gasteiger partial charge in [-0.25, -0.2) is 4.98 Å². The molecule has 154 valence electrons. The van der Waals surface area contributed by atoms with E-state index in [0.29, 0.717) is 29.8 Å². The molecule has 0 aliphatic rings. The van der Waals surface area contributed by atoms with Gasteiger partial charge in [0.05, 0.1) is 6.61 Å². The number of rotatable bonds is 7. The number of benzene rings is 1. The molecule has 0 saturated heterocycles. The molecule has 0 amide bonds. The first-order chi connectivity index (χ1) is 12.9. The number of ether oxygens (including phenoxy) is 1. The summed E-state index contributed by atoms with van der Waals surface area (Å²) in [5.41, 5.74) is 2.61. The first kappa shape index (κ1) is 24.4. The molecular weight excluding hydrogens is 508 g/mol. The number of guanidine groups is 1. The lowest BCUT2D eigenvalue weighted by atomic mass is 10.1. The minimum absolute atomic E-state index is 0. The molecule has 0 radical (unpaired) electrons. The van der Waals surface area contributed by atoms with Crippen LogP contribution in [0.5, 0.6) is 0 Å². The third-order valence-electron chi connectivity index (χ3n) is 3.49. The van der Waals surface area contributed by atoms with Gasteiger partial charge in [-0.2, -0.15) is 13.2 Å². The predicted molar refractivity (Wildman–Crippen MR) is 114 cm³/mol. The molecule has 2 N–H and O–H groups in total. The Morgan fingerprint density at radius 1 is 1.04 bits per heavy atom. The first-order valence-corrected chi connectivity index (χ1v) is 8.51. The van der Waals surface area contributed by atoms with Crippen LogP contribution in [0.3, 0.4) is 0 Å². The Balaban J connectivity index is 0.00000392. The quantitative estimate of drug-likeness (QED) is 0.244. The zero-order valence-electron chi connectivity index (χ0n) is 15.1. The van der Waals surface area contributed by atoms with Gasteiger partial charge in [-0.3, -0.25) is 4.99 Å². The zero-order chi connectivity index (χ0) is 19.7. The normalized spacial score (nSPS) is 11.7. The molecule has 1 aromatic carbocycles. The van der Waals surface area contributed by atoms with Crippen LogP contribution in [0, 0.1) is 0 Å². The number of aromatic nitrogens is 1. The molecule has 0 aliphatic heterocycles. The largest absolute Gasteiger partial charge is 0.411 e. The predicted octanol–water partition coefficient (Wildman–Crippen LogP) is 4.30. The summed E-state index contributed by atoms with van der Waals surface area (Å²) in [6, 6.07) is 10.7. The maximum Gasteiger partial charge on any atom is 0.411 e. The van der Waals surface area contributed by atoms with Gasteiger partial charge in [0.1, 0.15) is 11.8 Å². The van der Waals surface area contributed by atoms with Crippen LogP contribution in [0.15, 0.2) is 47.6 Å². The van der Waals surface area contributed by atoms with Crippen LogP contribution >= 0.6 is 35.6 Å². The van der Waals surface area contributed by atoms with Crippen LogP contribution in [0.4, 0.5) is 13.2 Å². The minimum atomic E-state index is -4.31. The zero-order valence-corrected chi connectivity index (χ0v) is 18.2. The maximum absolute atomic E-state index is 12.1. The molecule has 5 nitrogen and oxygen atoms in total. The number of halogens is 5. The minimum Gasteiger partial charge on any atom is -0.367 e. The fourth-order valence-electron chi connectivity index (χ4n) is 2.14. The van der Waals surface area contributed by atoms with Gasteiger partial charge in [-0.1, -0.05) is 41.9 Å². The van der Waals surface area contributed by atoms with Crippen molar-refractivity contribution in [3.8, 4) is 0 Å². The van der Waals surface area contributed by atoms with Crippen LogP contribution in [-0.4, -0.2) is 30.8 Å². The average molecular weight is 529 g/mol. The Labute approximate surface area is 183 Å². The van der Waals surface area contributed by atoms with Gasteiger partial charge in [-0.15, -0.1) is 24.0 Å². The lowest BCUT2D eigenvalue weighted by Gasteiger charge is -2.12. The summed E-state index contributed by atoms with van der Waals surface area (Å²) in [7, 11) is 1.66. The Morgan fingerprint density at radius 3 is 2.14 bits per heavy atom. The highest BCUT2D eigenvalue weighted by Crippen LogP contribution is 2.15. The van der Waals surface area contributed by atoms with Crippen molar-refractivity contribution in [3.05, 3.63) is 64.4 Å². The van der Waals surface area contributed by atoms with E-state index in [1.54, 1.807) is 31.4 Å². The van der Waals surface area contributed by atoms with Gasteiger partial charge < -0.3 is 15.4 Å². The van der Waals surface area contributed by atoms with Crippen molar-refractivity contribution in [2.45, 2.75) is 25.9 Å². The van der Waals surface area contributed by atoms with E-state index in [4.69, 9.17) is 11.6 Å². The van der Waals surface area contributed by atoms with E-state index in [2.05, 4.69) is 25.3 Å². The number of pyridine rings is 1. The van der Waals surface area contributed by atoms with Crippen molar-refractivity contribution in [2.24, 2.45) is 4.99 Å². The lowest BCUT2D eigenvalue weighted by molar-refractivity contribution is -0.176. The maximum atomic E-state index is 12.1. The second-order valence-electron chi connectivity index (χ2n) is 5.69. The summed E-state index contributed by atoms with van der Waals surface area (Å²) in [5, 5.41) is 6.76. The van der Waals surface area contributed by atoms with Crippen molar-refractivity contribution in [1.29, 1.82) is 0 Å². The third kappa shape index (κ3) is 9.56.